The topological polar surface area (TPSA) is 29.9 Å². The lowest BCUT2D eigenvalue weighted by Gasteiger charge is -2.03. The molecule has 3 nitrogen and oxygen atoms in total. The fraction of sp³-hybridized carbons (Fsp3) is 0.182. The van der Waals surface area contributed by atoms with Crippen molar-refractivity contribution in [3.8, 4) is 5.69 Å². The van der Waals surface area contributed by atoms with E-state index in [2.05, 4.69) is 10.4 Å². The summed E-state index contributed by atoms with van der Waals surface area (Å²) in [6.45, 7) is 0.737. The van der Waals surface area contributed by atoms with Crippen LogP contribution >= 0.6 is 23.2 Å². The summed E-state index contributed by atoms with van der Waals surface area (Å²) in [6.07, 6.45) is 1.88. The standard InChI is InChI=1S/C11H11Cl2N3/c1-14-7-10-2-3-16(15-10)11-5-8(12)4-9(13)6-11/h2-6,14H,7H2,1H3. The van der Waals surface area contributed by atoms with Crippen LogP contribution in [0.5, 0.6) is 0 Å². The summed E-state index contributed by atoms with van der Waals surface area (Å²) < 4.78 is 1.75. The maximum Gasteiger partial charge on any atom is 0.0766 e. The average Bonchev–Trinajstić information content (AvgIpc) is 2.65. The van der Waals surface area contributed by atoms with E-state index < -0.39 is 0 Å². The van der Waals surface area contributed by atoms with Gasteiger partial charge in [-0.3, -0.25) is 0 Å². The number of hydrogen-bond acceptors (Lipinski definition) is 2. The molecule has 0 radical (unpaired) electrons. The van der Waals surface area contributed by atoms with E-state index in [1.165, 1.54) is 0 Å². The van der Waals surface area contributed by atoms with Crippen LogP contribution < -0.4 is 5.32 Å². The van der Waals surface area contributed by atoms with Gasteiger partial charge in [0, 0.05) is 22.8 Å². The maximum atomic E-state index is 5.93. The Labute approximate surface area is 104 Å². The fourth-order valence-electron chi connectivity index (χ4n) is 1.45. The molecular weight excluding hydrogens is 245 g/mol. The van der Waals surface area contributed by atoms with Crippen molar-refractivity contribution in [3.63, 3.8) is 0 Å². The van der Waals surface area contributed by atoms with Gasteiger partial charge in [0.25, 0.3) is 0 Å². The van der Waals surface area contributed by atoms with Crippen LogP contribution in [-0.4, -0.2) is 16.8 Å². The molecule has 0 fully saturated rings. The third kappa shape index (κ3) is 2.55. The summed E-state index contributed by atoms with van der Waals surface area (Å²) in [5.41, 5.74) is 1.83. The zero-order valence-corrected chi connectivity index (χ0v) is 10.3. The van der Waals surface area contributed by atoms with Crippen molar-refractivity contribution in [2.45, 2.75) is 6.54 Å². The first-order valence-corrected chi connectivity index (χ1v) is 5.60. The number of hydrogen-bond donors (Lipinski definition) is 1. The van der Waals surface area contributed by atoms with Gasteiger partial charge in [0.15, 0.2) is 0 Å². The monoisotopic (exact) mass is 255 g/mol. The summed E-state index contributed by atoms with van der Waals surface area (Å²) >= 11 is 11.9. The minimum Gasteiger partial charge on any atom is -0.314 e. The van der Waals surface area contributed by atoms with Gasteiger partial charge in [0.1, 0.15) is 0 Å². The lowest BCUT2D eigenvalue weighted by molar-refractivity contribution is 0.757. The predicted octanol–water partition coefficient (Wildman–Crippen LogP) is 2.90. The van der Waals surface area contributed by atoms with Crippen molar-refractivity contribution in [2.75, 3.05) is 7.05 Å². The van der Waals surface area contributed by atoms with Gasteiger partial charge in [-0.25, -0.2) is 4.68 Å². The third-order valence-electron chi connectivity index (χ3n) is 2.11. The summed E-state index contributed by atoms with van der Waals surface area (Å²) in [6, 6.07) is 7.29. The largest absolute Gasteiger partial charge is 0.314 e. The van der Waals surface area contributed by atoms with E-state index in [0.29, 0.717) is 10.0 Å². The zero-order chi connectivity index (χ0) is 11.5. The molecule has 84 valence electrons. The molecule has 16 heavy (non-hydrogen) atoms. The molecule has 0 bridgehead atoms. The average molecular weight is 256 g/mol. The number of halogens is 2. The van der Waals surface area contributed by atoms with Crippen molar-refractivity contribution in [3.05, 3.63) is 46.2 Å². The Kier molecular flexibility index (Phi) is 3.49. The third-order valence-corrected chi connectivity index (χ3v) is 2.55. The van der Waals surface area contributed by atoms with Crippen LogP contribution in [0.3, 0.4) is 0 Å². The summed E-state index contributed by atoms with van der Waals surface area (Å²) in [5, 5.41) is 8.64. The minimum atomic E-state index is 0.605. The van der Waals surface area contributed by atoms with Gasteiger partial charge in [0.2, 0.25) is 0 Å². The highest BCUT2D eigenvalue weighted by Gasteiger charge is 2.03. The highest BCUT2D eigenvalue weighted by atomic mass is 35.5. The van der Waals surface area contributed by atoms with Gasteiger partial charge < -0.3 is 5.32 Å². The Morgan fingerprint density at radius 1 is 1.25 bits per heavy atom. The molecule has 0 aliphatic carbocycles. The van der Waals surface area contributed by atoms with Gasteiger partial charge in [-0.1, -0.05) is 23.2 Å². The van der Waals surface area contributed by atoms with Gasteiger partial charge in [-0.05, 0) is 31.3 Å². The van der Waals surface area contributed by atoms with E-state index in [-0.39, 0.29) is 0 Å². The molecule has 0 aliphatic heterocycles. The second kappa shape index (κ2) is 4.87. The van der Waals surface area contributed by atoms with Gasteiger partial charge >= 0.3 is 0 Å². The molecule has 0 spiro atoms. The number of nitrogens with one attached hydrogen (secondary N) is 1. The summed E-state index contributed by atoms with van der Waals surface area (Å²) in [5.74, 6) is 0. The smallest absolute Gasteiger partial charge is 0.0766 e. The SMILES string of the molecule is CNCc1ccn(-c2cc(Cl)cc(Cl)c2)n1. The van der Waals surface area contributed by atoms with Crippen LogP contribution in [0.4, 0.5) is 0 Å². The molecule has 0 atom stereocenters. The van der Waals surface area contributed by atoms with Crippen LogP contribution in [0, 0.1) is 0 Å². The van der Waals surface area contributed by atoms with Crippen molar-refractivity contribution < 1.29 is 0 Å². The quantitative estimate of drug-likeness (QED) is 0.915. The van der Waals surface area contributed by atoms with Crippen LogP contribution in [-0.2, 0) is 6.54 Å². The van der Waals surface area contributed by atoms with Crippen molar-refractivity contribution in [2.24, 2.45) is 0 Å². The van der Waals surface area contributed by atoms with E-state index in [1.807, 2.05) is 31.4 Å². The van der Waals surface area contributed by atoms with Crippen molar-refractivity contribution in [1.82, 2.24) is 15.1 Å². The predicted molar refractivity (Wildman–Crippen MR) is 66.3 cm³/mol. The van der Waals surface area contributed by atoms with E-state index in [1.54, 1.807) is 10.7 Å². The first-order chi connectivity index (χ1) is 7.69. The van der Waals surface area contributed by atoms with Crippen LogP contribution in [0.25, 0.3) is 5.69 Å². The van der Waals surface area contributed by atoms with Gasteiger partial charge in [-0.15, -0.1) is 0 Å². The molecule has 2 rings (SSSR count). The van der Waals surface area contributed by atoms with Gasteiger partial charge in [-0.2, -0.15) is 5.10 Å². The van der Waals surface area contributed by atoms with E-state index in [9.17, 15) is 0 Å². The first-order valence-electron chi connectivity index (χ1n) is 4.84. The van der Waals surface area contributed by atoms with E-state index >= 15 is 0 Å². The molecule has 0 unspecified atom stereocenters. The van der Waals surface area contributed by atoms with Crippen LogP contribution in [0.2, 0.25) is 10.0 Å². The molecule has 0 aliphatic rings. The normalized spacial score (nSPS) is 10.7. The first kappa shape index (κ1) is 11.5. The zero-order valence-electron chi connectivity index (χ0n) is 8.74. The maximum absolute atomic E-state index is 5.93. The van der Waals surface area contributed by atoms with E-state index in [0.717, 1.165) is 17.9 Å². The molecule has 1 aromatic carbocycles. The molecule has 1 N–H and O–H groups in total. The number of nitrogens with zero attached hydrogens (tertiary/aromatic N) is 2. The van der Waals surface area contributed by atoms with Crippen molar-refractivity contribution >= 4 is 23.2 Å². The molecule has 2 aromatic rings. The highest BCUT2D eigenvalue weighted by molar-refractivity contribution is 6.34. The molecule has 1 heterocycles. The molecular formula is C11H11Cl2N3. The fourth-order valence-corrected chi connectivity index (χ4v) is 1.97. The minimum absolute atomic E-state index is 0.605. The Hall–Kier alpha value is -1.03. The number of benzene rings is 1. The Morgan fingerprint density at radius 2 is 1.94 bits per heavy atom. The summed E-state index contributed by atoms with van der Waals surface area (Å²) in [4.78, 5) is 0. The molecule has 0 amide bonds. The summed E-state index contributed by atoms with van der Waals surface area (Å²) in [7, 11) is 1.88. The molecule has 0 saturated carbocycles. The highest BCUT2D eigenvalue weighted by Crippen LogP contribution is 2.21. The molecule has 1 aromatic heterocycles. The van der Waals surface area contributed by atoms with Crippen LogP contribution in [0.1, 0.15) is 5.69 Å². The second-order valence-corrected chi connectivity index (χ2v) is 4.28. The van der Waals surface area contributed by atoms with Crippen molar-refractivity contribution in [1.29, 1.82) is 0 Å². The lowest BCUT2D eigenvalue weighted by atomic mass is 10.3. The Morgan fingerprint density at radius 3 is 2.56 bits per heavy atom. The van der Waals surface area contributed by atoms with E-state index in [4.69, 9.17) is 23.2 Å². The number of aromatic nitrogens is 2. The second-order valence-electron chi connectivity index (χ2n) is 3.41. The Balaban J connectivity index is 2.34. The molecule has 0 saturated heterocycles. The van der Waals surface area contributed by atoms with Gasteiger partial charge in [0.05, 0.1) is 11.4 Å². The molecule has 5 heteroatoms. The number of rotatable bonds is 3. The lowest BCUT2D eigenvalue weighted by Crippen LogP contribution is -2.06. The Bertz CT molecular complexity index is 473. The van der Waals surface area contributed by atoms with Crippen LogP contribution in [0.15, 0.2) is 30.5 Å².